The normalized spacial score (nSPS) is 11.7. The maximum absolute atomic E-state index is 12.6. The quantitative estimate of drug-likeness (QED) is 0.196. The molecule has 0 aliphatic rings. The lowest BCUT2D eigenvalue weighted by Gasteiger charge is -2.18. The van der Waals surface area contributed by atoms with E-state index in [4.69, 9.17) is 0 Å². The lowest BCUT2D eigenvalue weighted by atomic mass is 10.2. The molecule has 0 fully saturated rings. The van der Waals surface area contributed by atoms with E-state index in [1.165, 1.54) is 31.3 Å². The highest BCUT2D eigenvalue weighted by Gasteiger charge is 2.26. The number of rotatable bonds is 13. The number of hydrogen-bond donors (Lipinski definition) is 5. The second-order valence-electron chi connectivity index (χ2n) is 8.49. The molecule has 13 nitrogen and oxygen atoms in total. The topological polar surface area (TPSA) is 187 Å². The van der Waals surface area contributed by atoms with Gasteiger partial charge in [0.1, 0.15) is 6.04 Å². The molecule has 1 aromatic heterocycles. The molecule has 0 saturated carbocycles. The van der Waals surface area contributed by atoms with Crippen molar-refractivity contribution in [2.75, 3.05) is 25.5 Å². The number of aliphatic carboxylic acids is 1. The van der Waals surface area contributed by atoms with E-state index in [1.54, 1.807) is 11.4 Å². The maximum Gasteiger partial charge on any atom is 0.323 e. The maximum atomic E-state index is 12.6. The molecule has 15 heteroatoms. The van der Waals surface area contributed by atoms with Gasteiger partial charge in [-0.2, -0.15) is 4.72 Å². The SMILES string of the molecule is CN(CC(=O)NC[C@H](NS(=O)(=O)c1ccccc1)C(=O)O)C(=O)Cc1csc(NC(=O)NCc2ccccc2)n1. The van der Waals surface area contributed by atoms with E-state index in [0.717, 1.165) is 21.8 Å². The summed E-state index contributed by atoms with van der Waals surface area (Å²) in [5, 5.41) is 18.9. The number of carboxylic acids is 1. The van der Waals surface area contributed by atoms with Gasteiger partial charge >= 0.3 is 12.0 Å². The Kier molecular flexibility index (Phi) is 10.7. The number of hydrogen-bond acceptors (Lipinski definition) is 8. The van der Waals surface area contributed by atoms with Crippen LogP contribution in [0.15, 0.2) is 70.9 Å². The number of sulfonamides is 1. The standard InChI is InChI=1S/C25H28N6O7S2/c1-31(15-21(32)26-14-20(23(34)35)30-40(37,38)19-10-6-3-7-11-19)22(33)12-18-16-39-25(28-18)29-24(36)27-13-17-8-4-2-5-9-17/h2-11,16,20,30H,12-15H2,1H3,(H,26,32)(H,34,35)(H2,27,28,29,36)/t20-/m0/s1. The fourth-order valence-electron chi connectivity index (χ4n) is 3.26. The Balaban J connectivity index is 1.43. The number of thiazole rings is 1. The van der Waals surface area contributed by atoms with Crippen LogP contribution >= 0.6 is 11.3 Å². The predicted octanol–water partition coefficient (Wildman–Crippen LogP) is 1.01. The molecule has 1 heterocycles. The second kappa shape index (κ2) is 14.2. The minimum absolute atomic E-state index is 0.119. The zero-order valence-electron chi connectivity index (χ0n) is 21.4. The number of carbonyl (C=O) groups excluding carboxylic acids is 3. The zero-order chi connectivity index (χ0) is 29.1. The van der Waals surface area contributed by atoms with Gasteiger partial charge in [-0.05, 0) is 17.7 Å². The first-order valence-corrected chi connectivity index (χ1v) is 14.2. The Morgan fingerprint density at radius 3 is 2.30 bits per heavy atom. The molecule has 4 amide bonds. The highest BCUT2D eigenvalue weighted by Crippen LogP contribution is 2.16. The van der Waals surface area contributed by atoms with Gasteiger partial charge < -0.3 is 20.6 Å². The monoisotopic (exact) mass is 588 g/mol. The van der Waals surface area contributed by atoms with Crippen molar-refractivity contribution in [1.82, 2.24) is 25.2 Å². The van der Waals surface area contributed by atoms with Crippen LogP contribution in [0.3, 0.4) is 0 Å². The number of benzene rings is 2. The number of anilines is 1. The Labute approximate surface area is 234 Å². The van der Waals surface area contributed by atoms with Crippen LogP contribution < -0.4 is 20.7 Å². The van der Waals surface area contributed by atoms with Gasteiger partial charge in [-0.15, -0.1) is 11.3 Å². The van der Waals surface area contributed by atoms with Crippen LogP contribution in [0.25, 0.3) is 0 Å². The fraction of sp³-hybridized carbons (Fsp3) is 0.240. The van der Waals surface area contributed by atoms with Crippen LogP contribution in [-0.4, -0.2) is 73.4 Å². The van der Waals surface area contributed by atoms with Crippen molar-refractivity contribution in [3.63, 3.8) is 0 Å². The average molecular weight is 589 g/mol. The van der Waals surface area contributed by atoms with Crippen molar-refractivity contribution in [3.8, 4) is 0 Å². The molecule has 0 unspecified atom stereocenters. The Morgan fingerprint density at radius 2 is 1.65 bits per heavy atom. The first-order chi connectivity index (χ1) is 19.0. The third-order valence-electron chi connectivity index (χ3n) is 5.36. The third kappa shape index (κ3) is 9.44. The van der Waals surface area contributed by atoms with Crippen LogP contribution in [0.5, 0.6) is 0 Å². The average Bonchev–Trinajstić information content (AvgIpc) is 3.37. The number of nitrogens with zero attached hydrogens (tertiary/aromatic N) is 2. The van der Waals surface area contributed by atoms with Crippen molar-refractivity contribution in [2.24, 2.45) is 0 Å². The Morgan fingerprint density at radius 1 is 1.00 bits per heavy atom. The van der Waals surface area contributed by atoms with Gasteiger partial charge in [-0.3, -0.25) is 19.7 Å². The molecule has 0 spiro atoms. The van der Waals surface area contributed by atoms with E-state index in [-0.39, 0.29) is 11.3 Å². The van der Waals surface area contributed by atoms with Gasteiger partial charge in [0.15, 0.2) is 5.13 Å². The van der Waals surface area contributed by atoms with E-state index in [1.807, 2.05) is 35.1 Å². The van der Waals surface area contributed by atoms with E-state index in [0.29, 0.717) is 17.4 Å². The molecule has 3 rings (SSSR count). The molecule has 0 radical (unpaired) electrons. The fourth-order valence-corrected chi connectivity index (χ4v) is 5.18. The largest absolute Gasteiger partial charge is 0.480 e. The molecule has 0 aliphatic heterocycles. The number of carboxylic acid groups (broad SMARTS) is 1. The summed E-state index contributed by atoms with van der Waals surface area (Å²) >= 11 is 1.14. The summed E-state index contributed by atoms with van der Waals surface area (Å²) in [5.41, 5.74) is 1.32. The smallest absolute Gasteiger partial charge is 0.323 e. The summed E-state index contributed by atoms with van der Waals surface area (Å²) in [6.45, 7) is -0.591. The van der Waals surface area contributed by atoms with Crippen molar-refractivity contribution >= 4 is 50.3 Å². The zero-order valence-corrected chi connectivity index (χ0v) is 23.0. The van der Waals surface area contributed by atoms with Gasteiger partial charge in [0, 0.05) is 25.5 Å². The molecule has 0 saturated heterocycles. The van der Waals surface area contributed by atoms with Gasteiger partial charge in [0.2, 0.25) is 21.8 Å². The van der Waals surface area contributed by atoms with E-state index in [2.05, 4.69) is 20.9 Å². The third-order valence-corrected chi connectivity index (χ3v) is 7.65. The van der Waals surface area contributed by atoms with Gasteiger partial charge in [0.25, 0.3) is 0 Å². The molecule has 3 aromatic rings. The van der Waals surface area contributed by atoms with Crippen LogP contribution in [0.2, 0.25) is 0 Å². The van der Waals surface area contributed by atoms with Crippen molar-refractivity contribution < 1.29 is 32.7 Å². The van der Waals surface area contributed by atoms with Gasteiger partial charge in [0.05, 0.1) is 23.6 Å². The highest BCUT2D eigenvalue weighted by molar-refractivity contribution is 7.89. The summed E-state index contributed by atoms with van der Waals surface area (Å²) in [6.07, 6.45) is -0.137. The second-order valence-corrected chi connectivity index (χ2v) is 11.1. The molecule has 5 N–H and O–H groups in total. The molecule has 0 bridgehead atoms. The molecule has 2 aromatic carbocycles. The summed E-state index contributed by atoms with van der Waals surface area (Å²) in [5.74, 6) is -2.61. The summed E-state index contributed by atoms with van der Waals surface area (Å²) in [7, 11) is -2.74. The van der Waals surface area contributed by atoms with Crippen molar-refractivity contribution in [3.05, 3.63) is 77.3 Å². The minimum atomic E-state index is -4.13. The van der Waals surface area contributed by atoms with Gasteiger partial charge in [-0.1, -0.05) is 48.5 Å². The number of carbonyl (C=O) groups is 4. The van der Waals surface area contributed by atoms with Crippen LogP contribution in [0, 0.1) is 0 Å². The number of amides is 4. The van der Waals surface area contributed by atoms with E-state index in [9.17, 15) is 32.7 Å². The highest BCUT2D eigenvalue weighted by atomic mass is 32.2. The summed E-state index contributed by atoms with van der Waals surface area (Å²) in [6, 6.07) is 14.5. The number of urea groups is 1. The lowest BCUT2D eigenvalue weighted by Crippen LogP contribution is -2.50. The first-order valence-electron chi connectivity index (χ1n) is 11.9. The van der Waals surface area contributed by atoms with E-state index < -0.39 is 53.0 Å². The number of likely N-dealkylation sites (N-methyl/N-ethyl adjacent to an activating group) is 1. The minimum Gasteiger partial charge on any atom is -0.480 e. The van der Waals surface area contributed by atoms with Crippen LogP contribution in [0.1, 0.15) is 11.3 Å². The van der Waals surface area contributed by atoms with Crippen LogP contribution in [-0.2, 0) is 37.4 Å². The molecular weight excluding hydrogens is 560 g/mol. The molecule has 40 heavy (non-hydrogen) atoms. The number of nitrogens with one attached hydrogen (secondary N) is 4. The Bertz CT molecular complexity index is 1430. The van der Waals surface area contributed by atoms with Crippen LogP contribution in [0.4, 0.5) is 9.93 Å². The molecular formula is C25H28N6O7S2. The predicted molar refractivity (Wildman–Crippen MR) is 147 cm³/mol. The summed E-state index contributed by atoms with van der Waals surface area (Å²) < 4.78 is 26.9. The van der Waals surface area contributed by atoms with E-state index >= 15 is 0 Å². The number of aromatic nitrogens is 1. The summed E-state index contributed by atoms with van der Waals surface area (Å²) in [4.78, 5) is 53.7. The van der Waals surface area contributed by atoms with Gasteiger partial charge in [-0.25, -0.2) is 18.2 Å². The molecule has 1 atom stereocenters. The molecule has 212 valence electrons. The first kappa shape index (κ1) is 30.2. The molecule has 0 aliphatic carbocycles. The van der Waals surface area contributed by atoms with Crippen molar-refractivity contribution in [1.29, 1.82) is 0 Å². The van der Waals surface area contributed by atoms with Crippen molar-refractivity contribution in [2.45, 2.75) is 23.9 Å². The lowest BCUT2D eigenvalue weighted by molar-refractivity contribution is -0.139. The Hall–Kier alpha value is -4.34.